The lowest BCUT2D eigenvalue weighted by molar-refractivity contribution is -0.138. The van der Waals surface area contributed by atoms with Crippen LogP contribution in [0.5, 0.6) is 0 Å². The molecular weight excluding hydrogens is 316 g/mol. The summed E-state index contributed by atoms with van der Waals surface area (Å²) in [5, 5.41) is 7.03. The summed E-state index contributed by atoms with van der Waals surface area (Å²) in [5.74, 6) is 2.59. The summed E-state index contributed by atoms with van der Waals surface area (Å²) < 4.78 is 1.63. The van der Waals surface area contributed by atoms with Crippen molar-refractivity contribution in [1.82, 2.24) is 20.0 Å². The summed E-state index contributed by atoms with van der Waals surface area (Å²) in [4.78, 5) is 27.0. The van der Waals surface area contributed by atoms with Crippen LogP contribution < -0.4 is 5.32 Å². The molecule has 1 aromatic rings. The van der Waals surface area contributed by atoms with E-state index in [1.807, 2.05) is 0 Å². The molecule has 3 atom stereocenters. The van der Waals surface area contributed by atoms with Gasteiger partial charge >= 0.3 is 0 Å². The quantitative estimate of drug-likeness (QED) is 0.906. The molecule has 2 heterocycles. The predicted molar refractivity (Wildman–Crippen MR) is 93.8 cm³/mol. The van der Waals surface area contributed by atoms with Crippen LogP contribution in [0.1, 0.15) is 48.9 Å². The average molecular weight is 344 g/mol. The van der Waals surface area contributed by atoms with Crippen LogP contribution in [0.4, 0.5) is 0 Å². The Kier molecular flexibility index (Phi) is 4.52. The van der Waals surface area contributed by atoms with Crippen molar-refractivity contribution in [3.8, 4) is 0 Å². The highest BCUT2D eigenvalue weighted by molar-refractivity contribution is 5.93. The lowest BCUT2D eigenvalue weighted by Gasteiger charge is -2.35. The Morgan fingerprint density at radius 1 is 1.20 bits per heavy atom. The molecule has 1 aromatic heterocycles. The van der Waals surface area contributed by atoms with E-state index in [1.165, 1.54) is 19.3 Å². The van der Waals surface area contributed by atoms with Gasteiger partial charge < -0.3 is 10.2 Å². The first kappa shape index (κ1) is 16.6. The van der Waals surface area contributed by atoms with Gasteiger partial charge in [0, 0.05) is 38.8 Å². The van der Waals surface area contributed by atoms with Gasteiger partial charge in [0.25, 0.3) is 5.91 Å². The smallest absolute Gasteiger partial charge is 0.254 e. The molecule has 1 aliphatic heterocycles. The number of hydrogen-bond acceptors (Lipinski definition) is 3. The molecule has 0 unspecified atom stereocenters. The molecule has 6 nitrogen and oxygen atoms in total. The lowest BCUT2D eigenvalue weighted by Crippen LogP contribution is -2.44. The van der Waals surface area contributed by atoms with Crippen LogP contribution in [-0.4, -0.2) is 46.1 Å². The molecule has 2 amide bonds. The van der Waals surface area contributed by atoms with Gasteiger partial charge in [-0.1, -0.05) is 6.42 Å². The van der Waals surface area contributed by atoms with Gasteiger partial charge in [0.15, 0.2) is 0 Å². The molecule has 2 bridgehead atoms. The average Bonchev–Trinajstić information content (AvgIpc) is 3.36. The number of likely N-dealkylation sites (tertiary alicyclic amines) is 1. The Labute approximate surface area is 148 Å². The third kappa shape index (κ3) is 3.44. The SMILES string of the molecule is Cn1cc(C(=O)NCC2CCN(C(=O)[C@H]3C[C@@H]4CC[C@@H]3C4)CC2)cn1. The third-order valence-electron chi connectivity index (χ3n) is 6.50. The Morgan fingerprint density at radius 2 is 2.00 bits per heavy atom. The summed E-state index contributed by atoms with van der Waals surface area (Å²) in [6, 6.07) is 0. The van der Waals surface area contributed by atoms with E-state index in [2.05, 4.69) is 15.3 Å². The zero-order valence-electron chi connectivity index (χ0n) is 15.0. The number of carbonyl (C=O) groups excluding carboxylic acids is 2. The predicted octanol–water partition coefficient (Wildman–Crippen LogP) is 1.82. The molecule has 136 valence electrons. The molecule has 1 saturated heterocycles. The minimum absolute atomic E-state index is 0.0615. The first-order valence-corrected chi connectivity index (χ1v) is 9.66. The summed E-state index contributed by atoms with van der Waals surface area (Å²) >= 11 is 0. The maximum absolute atomic E-state index is 12.8. The molecule has 4 rings (SSSR count). The summed E-state index contributed by atoms with van der Waals surface area (Å²) in [7, 11) is 1.81. The van der Waals surface area contributed by atoms with Crippen LogP contribution in [0, 0.1) is 23.7 Å². The Balaban J connectivity index is 1.22. The molecule has 3 aliphatic rings. The van der Waals surface area contributed by atoms with Crippen LogP contribution in [0.25, 0.3) is 0 Å². The zero-order valence-corrected chi connectivity index (χ0v) is 15.0. The number of hydrogen-bond donors (Lipinski definition) is 1. The molecule has 0 spiro atoms. The van der Waals surface area contributed by atoms with E-state index in [9.17, 15) is 9.59 Å². The van der Waals surface area contributed by atoms with E-state index in [1.54, 1.807) is 24.1 Å². The van der Waals surface area contributed by atoms with Crippen LogP contribution >= 0.6 is 0 Å². The molecule has 0 aromatic carbocycles. The fourth-order valence-corrected chi connectivity index (χ4v) is 5.02. The molecule has 25 heavy (non-hydrogen) atoms. The number of aryl methyl sites for hydroxylation is 1. The summed E-state index contributed by atoms with van der Waals surface area (Å²) in [5.41, 5.74) is 0.603. The zero-order chi connectivity index (χ0) is 17.4. The Bertz CT molecular complexity index is 648. The first-order chi connectivity index (χ1) is 12.1. The van der Waals surface area contributed by atoms with E-state index in [0.29, 0.717) is 35.8 Å². The number of nitrogens with one attached hydrogen (secondary N) is 1. The second kappa shape index (κ2) is 6.81. The molecule has 3 fully saturated rings. The van der Waals surface area contributed by atoms with Crippen molar-refractivity contribution < 1.29 is 9.59 Å². The standard InChI is InChI=1S/C19H28N4O2/c1-22-12-16(11-21-22)18(24)20-10-13-4-6-23(7-5-13)19(25)17-9-14-2-3-15(17)8-14/h11-15,17H,2-10H2,1H3,(H,20,24)/t14-,15-,17+/m1/s1. The summed E-state index contributed by atoms with van der Waals surface area (Å²) in [6.45, 7) is 2.38. The minimum Gasteiger partial charge on any atom is -0.352 e. The van der Waals surface area contributed by atoms with Crippen molar-refractivity contribution in [3.63, 3.8) is 0 Å². The number of nitrogens with zero attached hydrogens (tertiary/aromatic N) is 3. The molecule has 1 N–H and O–H groups in total. The highest BCUT2D eigenvalue weighted by Crippen LogP contribution is 2.49. The van der Waals surface area contributed by atoms with Crippen LogP contribution in [0.3, 0.4) is 0 Å². The van der Waals surface area contributed by atoms with Gasteiger partial charge in [0.1, 0.15) is 0 Å². The van der Waals surface area contributed by atoms with E-state index in [4.69, 9.17) is 0 Å². The van der Waals surface area contributed by atoms with Gasteiger partial charge in [-0.05, 0) is 49.9 Å². The van der Waals surface area contributed by atoms with Crippen molar-refractivity contribution >= 4 is 11.8 Å². The van der Waals surface area contributed by atoms with Gasteiger partial charge in [-0.25, -0.2) is 0 Å². The molecule has 2 aliphatic carbocycles. The normalized spacial score (nSPS) is 29.2. The number of rotatable bonds is 4. The second-order valence-electron chi connectivity index (χ2n) is 8.16. The molecule has 2 saturated carbocycles. The van der Waals surface area contributed by atoms with Gasteiger partial charge in [0.05, 0.1) is 11.8 Å². The number of piperidine rings is 1. The molecule has 6 heteroatoms. The monoisotopic (exact) mass is 344 g/mol. The van der Waals surface area contributed by atoms with E-state index in [0.717, 1.165) is 38.3 Å². The van der Waals surface area contributed by atoms with E-state index < -0.39 is 0 Å². The summed E-state index contributed by atoms with van der Waals surface area (Å²) in [6.07, 6.45) is 10.3. The van der Waals surface area contributed by atoms with Crippen LogP contribution in [0.2, 0.25) is 0 Å². The lowest BCUT2D eigenvalue weighted by atomic mass is 9.86. The van der Waals surface area contributed by atoms with E-state index >= 15 is 0 Å². The van der Waals surface area contributed by atoms with Gasteiger partial charge in [0.2, 0.25) is 5.91 Å². The highest BCUT2D eigenvalue weighted by atomic mass is 16.2. The number of aromatic nitrogens is 2. The molecular formula is C19H28N4O2. The maximum atomic E-state index is 12.8. The largest absolute Gasteiger partial charge is 0.352 e. The van der Waals surface area contributed by atoms with E-state index in [-0.39, 0.29) is 5.91 Å². The fraction of sp³-hybridized carbons (Fsp3) is 0.737. The van der Waals surface area contributed by atoms with Gasteiger partial charge in [-0.15, -0.1) is 0 Å². The Morgan fingerprint density at radius 3 is 2.60 bits per heavy atom. The minimum atomic E-state index is -0.0615. The van der Waals surface area contributed by atoms with Gasteiger partial charge in [-0.2, -0.15) is 5.10 Å². The Hall–Kier alpha value is -1.85. The first-order valence-electron chi connectivity index (χ1n) is 9.66. The van der Waals surface area contributed by atoms with Gasteiger partial charge in [-0.3, -0.25) is 14.3 Å². The number of fused-ring (bicyclic) bond motifs is 2. The second-order valence-corrected chi connectivity index (χ2v) is 8.16. The number of carbonyl (C=O) groups is 2. The van der Waals surface area contributed by atoms with Crippen molar-refractivity contribution in [3.05, 3.63) is 18.0 Å². The molecule has 0 radical (unpaired) electrons. The maximum Gasteiger partial charge on any atom is 0.254 e. The fourth-order valence-electron chi connectivity index (χ4n) is 5.02. The highest BCUT2D eigenvalue weighted by Gasteiger charge is 2.44. The van der Waals surface area contributed by atoms with Crippen LogP contribution in [0.15, 0.2) is 12.4 Å². The third-order valence-corrected chi connectivity index (χ3v) is 6.50. The number of amides is 2. The van der Waals surface area contributed by atoms with Crippen molar-refractivity contribution in [1.29, 1.82) is 0 Å². The van der Waals surface area contributed by atoms with Crippen LogP contribution in [-0.2, 0) is 11.8 Å². The topological polar surface area (TPSA) is 67.2 Å². The van der Waals surface area contributed by atoms with Crippen molar-refractivity contribution in [2.75, 3.05) is 19.6 Å². The van der Waals surface area contributed by atoms with Crippen molar-refractivity contribution in [2.24, 2.45) is 30.7 Å². The van der Waals surface area contributed by atoms with Crippen molar-refractivity contribution in [2.45, 2.75) is 38.5 Å².